The number of benzene rings is 1. The minimum atomic E-state index is 0.555. The van der Waals surface area contributed by atoms with Crippen LogP contribution in [0.2, 0.25) is 5.02 Å². The van der Waals surface area contributed by atoms with Gasteiger partial charge in [-0.1, -0.05) is 37.4 Å². The van der Waals surface area contributed by atoms with Crippen LogP contribution >= 0.6 is 11.6 Å². The van der Waals surface area contributed by atoms with E-state index in [0.717, 1.165) is 31.2 Å². The molecule has 0 unspecified atom stereocenters. The molecule has 0 amide bonds. The van der Waals surface area contributed by atoms with E-state index < -0.39 is 0 Å². The van der Waals surface area contributed by atoms with E-state index in [4.69, 9.17) is 11.6 Å². The third-order valence-electron chi connectivity index (χ3n) is 4.01. The number of unbranched alkanes of at least 4 members (excludes halogenated alkanes) is 1. The highest BCUT2D eigenvalue weighted by atomic mass is 35.5. The molecule has 1 saturated heterocycles. The summed E-state index contributed by atoms with van der Waals surface area (Å²) >= 11 is 6.09. The van der Waals surface area contributed by atoms with Crippen LogP contribution in [0.5, 0.6) is 0 Å². The normalized spacial score (nSPS) is 18.5. The molecule has 1 N–H and O–H groups in total. The first-order valence-electron chi connectivity index (χ1n) is 7.43. The lowest BCUT2D eigenvalue weighted by Crippen LogP contribution is -2.45. The van der Waals surface area contributed by atoms with Crippen molar-refractivity contribution in [3.8, 4) is 0 Å². The van der Waals surface area contributed by atoms with Gasteiger partial charge in [0, 0.05) is 37.2 Å². The Balaban J connectivity index is 2.19. The van der Waals surface area contributed by atoms with E-state index in [9.17, 15) is 0 Å². The predicted molar refractivity (Wildman–Crippen MR) is 82.9 cm³/mol. The van der Waals surface area contributed by atoms with E-state index in [1.165, 1.54) is 30.4 Å². The van der Waals surface area contributed by atoms with Crippen LogP contribution < -0.4 is 5.32 Å². The van der Waals surface area contributed by atoms with Crippen molar-refractivity contribution in [3.05, 3.63) is 34.3 Å². The van der Waals surface area contributed by atoms with E-state index in [-0.39, 0.29) is 0 Å². The third kappa shape index (κ3) is 3.95. The summed E-state index contributed by atoms with van der Waals surface area (Å²) in [6.07, 6.45) is 3.80. The van der Waals surface area contributed by atoms with Crippen LogP contribution in [0.1, 0.15) is 43.4 Å². The summed E-state index contributed by atoms with van der Waals surface area (Å²) in [7, 11) is 0. The van der Waals surface area contributed by atoms with Crippen molar-refractivity contribution in [2.75, 3.05) is 26.2 Å². The van der Waals surface area contributed by atoms with Gasteiger partial charge in [0.05, 0.1) is 0 Å². The minimum Gasteiger partial charge on any atom is -0.314 e. The number of nitrogens with zero attached hydrogens (tertiary/aromatic N) is 1. The molecule has 1 aromatic rings. The first-order valence-corrected chi connectivity index (χ1v) is 7.81. The quantitative estimate of drug-likeness (QED) is 0.883. The van der Waals surface area contributed by atoms with Crippen LogP contribution in [-0.2, 0) is 0 Å². The molecule has 19 heavy (non-hydrogen) atoms. The molecular formula is C16H25ClN2. The average molecular weight is 281 g/mol. The molecule has 0 bridgehead atoms. The number of piperazine rings is 1. The molecular weight excluding hydrogens is 256 g/mol. The number of rotatable bonds is 5. The fourth-order valence-electron chi connectivity index (χ4n) is 2.94. The van der Waals surface area contributed by atoms with E-state index in [1.807, 2.05) is 6.07 Å². The zero-order valence-corrected chi connectivity index (χ0v) is 12.8. The van der Waals surface area contributed by atoms with Crippen molar-refractivity contribution < 1.29 is 0 Å². The Morgan fingerprint density at radius 3 is 2.68 bits per heavy atom. The zero-order valence-electron chi connectivity index (χ0n) is 12.1. The molecule has 2 nitrogen and oxygen atoms in total. The third-order valence-corrected chi connectivity index (χ3v) is 4.25. The molecule has 0 saturated carbocycles. The lowest BCUT2D eigenvalue weighted by atomic mass is 9.95. The number of hydrogen-bond acceptors (Lipinski definition) is 2. The average Bonchev–Trinajstić information content (AvgIpc) is 2.42. The molecule has 0 aliphatic carbocycles. The van der Waals surface area contributed by atoms with Crippen LogP contribution in [0.25, 0.3) is 0 Å². The molecule has 1 atom stereocenters. The van der Waals surface area contributed by atoms with Crippen molar-refractivity contribution >= 4 is 11.6 Å². The van der Waals surface area contributed by atoms with E-state index in [1.54, 1.807) is 0 Å². The Hall–Kier alpha value is -0.570. The molecule has 0 aromatic heterocycles. The molecule has 1 aliphatic heterocycles. The summed E-state index contributed by atoms with van der Waals surface area (Å²) in [5.74, 6) is 0. The molecule has 0 radical (unpaired) electrons. The maximum atomic E-state index is 6.09. The SMILES string of the molecule is CCCC[C@H](c1ccc(Cl)cc1C)N1CCNCC1. The second-order valence-electron chi connectivity index (χ2n) is 5.44. The van der Waals surface area contributed by atoms with Gasteiger partial charge < -0.3 is 5.32 Å². The predicted octanol–water partition coefficient (Wildman–Crippen LogP) is 3.78. The second-order valence-corrected chi connectivity index (χ2v) is 5.88. The topological polar surface area (TPSA) is 15.3 Å². The number of nitrogens with one attached hydrogen (secondary N) is 1. The van der Waals surface area contributed by atoms with E-state index in [2.05, 4.69) is 36.2 Å². The highest BCUT2D eigenvalue weighted by Crippen LogP contribution is 2.30. The number of aryl methyl sites for hydroxylation is 1. The Bertz CT molecular complexity index is 400. The standard InChI is InChI=1S/C16H25ClN2/c1-3-4-5-16(19-10-8-18-9-11-19)15-7-6-14(17)12-13(15)2/h6-7,12,16,18H,3-5,8-11H2,1-2H3/t16-/m1/s1. The fourth-order valence-corrected chi connectivity index (χ4v) is 3.17. The molecule has 1 heterocycles. The Morgan fingerprint density at radius 2 is 2.05 bits per heavy atom. The maximum Gasteiger partial charge on any atom is 0.0408 e. The van der Waals surface area contributed by atoms with Crippen molar-refractivity contribution in [3.63, 3.8) is 0 Å². The lowest BCUT2D eigenvalue weighted by molar-refractivity contribution is 0.162. The first kappa shape index (κ1) is 14.8. The monoisotopic (exact) mass is 280 g/mol. The largest absolute Gasteiger partial charge is 0.314 e. The Kier molecular flexibility index (Phi) is 5.68. The van der Waals surface area contributed by atoms with Crippen LogP contribution in [0, 0.1) is 6.92 Å². The molecule has 1 fully saturated rings. The lowest BCUT2D eigenvalue weighted by Gasteiger charge is -2.36. The van der Waals surface area contributed by atoms with Gasteiger partial charge in [0.15, 0.2) is 0 Å². The van der Waals surface area contributed by atoms with Crippen molar-refractivity contribution in [2.24, 2.45) is 0 Å². The van der Waals surface area contributed by atoms with Crippen LogP contribution in [0.4, 0.5) is 0 Å². The fraction of sp³-hybridized carbons (Fsp3) is 0.625. The van der Waals surface area contributed by atoms with Crippen LogP contribution in [0.3, 0.4) is 0 Å². The summed E-state index contributed by atoms with van der Waals surface area (Å²) in [5.41, 5.74) is 2.78. The van der Waals surface area contributed by atoms with Gasteiger partial charge in [-0.15, -0.1) is 0 Å². The summed E-state index contributed by atoms with van der Waals surface area (Å²) in [4.78, 5) is 2.63. The second kappa shape index (κ2) is 7.28. The van der Waals surface area contributed by atoms with Gasteiger partial charge in [0.25, 0.3) is 0 Å². The summed E-state index contributed by atoms with van der Waals surface area (Å²) in [5, 5.41) is 4.28. The van der Waals surface area contributed by atoms with E-state index in [0.29, 0.717) is 6.04 Å². The van der Waals surface area contributed by atoms with Gasteiger partial charge in [-0.05, 0) is 36.6 Å². The number of hydrogen-bond donors (Lipinski definition) is 1. The van der Waals surface area contributed by atoms with Gasteiger partial charge >= 0.3 is 0 Å². The van der Waals surface area contributed by atoms with Crippen molar-refractivity contribution in [2.45, 2.75) is 39.2 Å². The molecule has 0 spiro atoms. The molecule has 3 heteroatoms. The smallest absolute Gasteiger partial charge is 0.0408 e. The highest BCUT2D eigenvalue weighted by Gasteiger charge is 2.22. The van der Waals surface area contributed by atoms with Gasteiger partial charge in [-0.25, -0.2) is 0 Å². The van der Waals surface area contributed by atoms with Gasteiger partial charge in [0.1, 0.15) is 0 Å². The summed E-state index contributed by atoms with van der Waals surface area (Å²) in [6.45, 7) is 8.96. The van der Waals surface area contributed by atoms with Gasteiger partial charge in [0.2, 0.25) is 0 Å². The number of halogens is 1. The first-order chi connectivity index (χ1) is 9.22. The van der Waals surface area contributed by atoms with Crippen LogP contribution in [0.15, 0.2) is 18.2 Å². The van der Waals surface area contributed by atoms with Crippen molar-refractivity contribution in [1.82, 2.24) is 10.2 Å². The van der Waals surface area contributed by atoms with Crippen LogP contribution in [-0.4, -0.2) is 31.1 Å². The Labute approximate surface area is 122 Å². The molecule has 1 aliphatic rings. The maximum absolute atomic E-state index is 6.09. The van der Waals surface area contributed by atoms with Crippen molar-refractivity contribution in [1.29, 1.82) is 0 Å². The molecule has 2 rings (SSSR count). The summed E-state index contributed by atoms with van der Waals surface area (Å²) < 4.78 is 0. The Morgan fingerprint density at radius 1 is 1.32 bits per heavy atom. The molecule has 1 aromatic carbocycles. The minimum absolute atomic E-state index is 0.555. The van der Waals surface area contributed by atoms with Gasteiger partial charge in [-0.3, -0.25) is 4.90 Å². The highest BCUT2D eigenvalue weighted by molar-refractivity contribution is 6.30. The zero-order chi connectivity index (χ0) is 13.7. The summed E-state index contributed by atoms with van der Waals surface area (Å²) in [6, 6.07) is 6.91. The van der Waals surface area contributed by atoms with E-state index >= 15 is 0 Å². The molecule has 106 valence electrons. The van der Waals surface area contributed by atoms with Gasteiger partial charge in [-0.2, -0.15) is 0 Å².